The largest absolute Gasteiger partial charge is 0.496 e. The quantitative estimate of drug-likeness (QED) is 0.295. The average Bonchev–Trinajstić information content (AvgIpc) is 2.63. The van der Waals surface area contributed by atoms with Crippen molar-refractivity contribution < 1.29 is 23.1 Å². The molecule has 0 aromatic heterocycles. The number of carbonyl (C=O) groups excluding carboxylic acids is 2. The van der Waals surface area contributed by atoms with E-state index in [2.05, 4.69) is 0 Å². The van der Waals surface area contributed by atoms with Crippen molar-refractivity contribution in [3.8, 4) is 5.75 Å². The van der Waals surface area contributed by atoms with Gasteiger partial charge in [0, 0.05) is 32.8 Å². The van der Waals surface area contributed by atoms with E-state index in [0.717, 1.165) is 6.07 Å². The molecule has 0 atom stereocenters. The lowest BCUT2D eigenvalue weighted by Crippen LogP contribution is -2.17. The SMILES string of the molecule is COc1cc(F)c(C(=O)C(=CN(C)C)C(C)=O)cc1Cc1cccc(Cl)c1F. The number of Topliss-reactive ketones (excluding diaryl/α,β-unsaturated/α-hetero) is 2. The minimum absolute atomic E-state index is 0.0307. The predicted molar refractivity (Wildman–Crippen MR) is 104 cm³/mol. The first-order valence-electron chi connectivity index (χ1n) is 8.38. The highest BCUT2D eigenvalue weighted by molar-refractivity contribution is 6.30. The molecule has 7 heteroatoms. The summed E-state index contributed by atoms with van der Waals surface area (Å²) in [6, 6.07) is 6.89. The number of rotatable bonds is 7. The molecule has 0 unspecified atom stereocenters. The van der Waals surface area contributed by atoms with Crippen LogP contribution < -0.4 is 4.74 Å². The summed E-state index contributed by atoms with van der Waals surface area (Å²) < 4.78 is 34.0. The highest BCUT2D eigenvalue weighted by Crippen LogP contribution is 2.29. The minimum atomic E-state index is -0.830. The number of ether oxygens (including phenoxy) is 1. The van der Waals surface area contributed by atoms with Crippen LogP contribution in [0.15, 0.2) is 42.1 Å². The van der Waals surface area contributed by atoms with Gasteiger partial charge in [-0.05, 0) is 30.2 Å². The van der Waals surface area contributed by atoms with E-state index < -0.39 is 23.2 Å². The Hall–Kier alpha value is -2.73. The molecule has 0 saturated carbocycles. The number of hydrogen-bond donors (Lipinski definition) is 0. The molecule has 2 rings (SSSR count). The van der Waals surface area contributed by atoms with Gasteiger partial charge < -0.3 is 9.64 Å². The van der Waals surface area contributed by atoms with Gasteiger partial charge in [0.1, 0.15) is 17.4 Å². The number of methoxy groups -OCH3 is 1. The molecule has 0 N–H and O–H groups in total. The van der Waals surface area contributed by atoms with Crippen molar-refractivity contribution in [3.63, 3.8) is 0 Å². The molecule has 4 nitrogen and oxygen atoms in total. The van der Waals surface area contributed by atoms with Crippen LogP contribution in [0.4, 0.5) is 8.78 Å². The molecule has 0 aliphatic carbocycles. The molecule has 0 aliphatic heterocycles. The highest BCUT2D eigenvalue weighted by Gasteiger charge is 2.23. The molecule has 28 heavy (non-hydrogen) atoms. The summed E-state index contributed by atoms with van der Waals surface area (Å²) >= 11 is 5.82. The molecule has 0 saturated heterocycles. The molecular weight excluding hydrogens is 388 g/mol. The van der Waals surface area contributed by atoms with E-state index in [1.165, 1.54) is 37.3 Å². The lowest BCUT2D eigenvalue weighted by molar-refractivity contribution is -0.113. The van der Waals surface area contributed by atoms with E-state index in [1.807, 2.05) is 0 Å². The van der Waals surface area contributed by atoms with E-state index in [4.69, 9.17) is 16.3 Å². The fraction of sp³-hybridized carbons (Fsp3) is 0.238. The van der Waals surface area contributed by atoms with Gasteiger partial charge in [-0.25, -0.2) is 8.78 Å². The van der Waals surface area contributed by atoms with Crippen LogP contribution in [0.5, 0.6) is 5.75 Å². The summed E-state index contributed by atoms with van der Waals surface area (Å²) in [5.74, 6) is -2.51. The normalized spacial score (nSPS) is 11.3. The number of allylic oxidation sites excluding steroid dienone is 1. The molecule has 0 radical (unpaired) electrons. The second-order valence-corrected chi connectivity index (χ2v) is 6.83. The zero-order valence-corrected chi connectivity index (χ0v) is 16.7. The highest BCUT2D eigenvalue weighted by atomic mass is 35.5. The fourth-order valence-corrected chi connectivity index (χ4v) is 2.90. The number of hydrogen-bond acceptors (Lipinski definition) is 4. The number of benzene rings is 2. The average molecular weight is 408 g/mol. The molecule has 148 valence electrons. The van der Waals surface area contributed by atoms with Gasteiger partial charge in [0.2, 0.25) is 5.78 Å². The van der Waals surface area contributed by atoms with Crippen LogP contribution in [-0.2, 0) is 11.2 Å². The van der Waals surface area contributed by atoms with Gasteiger partial charge in [-0.2, -0.15) is 0 Å². The Bertz CT molecular complexity index is 955. The van der Waals surface area contributed by atoms with Crippen molar-refractivity contribution in [2.45, 2.75) is 13.3 Å². The molecule has 0 bridgehead atoms. The lowest BCUT2D eigenvalue weighted by atomic mass is 9.95. The van der Waals surface area contributed by atoms with Gasteiger partial charge in [-0.15, -0.1) is 0 Å². The van der Waals surface area contributed by atoms with Gasteiger partial charge in [0.25, 0.3) is 0 Å². The number of ketones is 2. The summed E-state index contributed by atoms with van der Waals surface area (Å²) in [4.78, 5) is 26.2. The van der Waals surface area contributed by atoms with E-state index in [9.17, 15) is 18.4 Å². The first-order valence-corrected chi connectivity index (χ1v) is 8.76. The molecule has 2 aromatic rings. The van der Waals surface area contributed by atoms with Gasteiger partial charge in [-0.3, -0.25) is 9.59 Å². The summed E-state index contributed by atoms with van der Waals surface area (Å²) in [6.07, 6.45) is 1.37. The van der Waals surface area contributed by atoms with Crippen LogP contribution in [0.3, 0.4) is 0 Å². The van der Waals surface area contributed by atoms with E-state index >= 15 is 0 Å². The fourth-order valence-electron chi connectivity index (χ4n) is 2.70. The van der Waals surface area contributed by atoms with E-state index in [-0.39, 0.29) is 33.9 Å². The summed E-state index contributed by atoms with van der Waals surface area (Å²) in [5, 5.41) is -0.0392. The summed E-state index contributed by atoms with van der Waals surface area (Å²) in [5.41, 5.74) is 0.211. The van der Waals surface area contributed by atoms with Crippen LogP contribution >= 0.6 is 11.6 Å². The smallest absolute Gasteiger partial charge is 0.201 e. The maximum absolute atomic E-state index is 14.6. The van der Waals surface area contributed by atoms with Gasteiger partial charge >= 0.3 is 0 Å². The Morgan fingerprint density at radius 3 is 2.43 bits per heavy atom. The van der Waals surface area contributed by atoms with E-state index in [0.29, 0.717) is 5.56 Å². The van der Waals surface area contributed by atoms with Gasteiger partial charge in [-0.1, -0.05) is 23.7 Å². The second-order valence-electron chi connectivity index (χ2n) is 6.43. The maximum atomic E-state index is 14.6. The Morgan fingerprint density at radius 2 is 1.86 bits per heavy atom. The third-order valence-electron chi connectivity index (χ3n) is 4.04. The van der Waals surface area contributed by atoms with Crippen molar-refractivity contribution in [3.05, 3.63) is 75.5 Å². The molecule has 2 aromatic carbocycles. The zero-order chi connectivity index (χ0) is 21.0. The van der Waals surface area contributed by atoms with Crippen molar-refractivity contribution in [1.82, 2.24) is 4.90 Å². The topological polar surface area (TPSA) is 46.6 Å². The van der Waals surface area contributed by atoms with Gasteiger partial charge in [0.05, 0.1) is 23.3 Å². The Balaban J connectivity index is 2.56. The molecule has 0 aliphatic rings. The Kier molecular flexibility index (Phi) is 6.91. The third-order valence-corrected chi connectivity index (χ3v) is 4.33. The minimum Gasteiger partial charge on any atom is -0.496 e. The lowest BCUT2D eigenvalue weighted by Gasteiger charge is -2.14. The number of carbonyl (C=O) groups is 2. The standard InChI is InChI=1S/C21H20ClF2NO3/c1-12(26)16(11-25(2)3)21(27)15-9-14(19(28-4)10-18(15)23)8-13-6-5-7-17(22)20(13)24/h5-7,9-11H,8H2,1-4H3. The van der Waals surface area contributed by atoms with E-state index in [1.54, 1.807) is 26.2 Å². The second kappa shape index (κ2) is 8.97. The molecule has 0 heterocycles. The van der Waals surface area contributed by atoms with Gasteiger partial charge in [0.15, 0.2) is 5.78 Å². The summed E-state index contributed by atoms with van der Waals surface area (Å²) in [7, 11) is 4.64. The zero-order valence-electron chi connectivity index (χ0n) is 16.0. The van der Waals surface area contributed by atoms with Crippen molar-refractivity contribution in [2.75, 3.05) is 21.2 Å². The molecule has 0 fully saturated rings. The third kappa shape index (κ3) is 4.75. The summed E-state index contributed by atoms with van der Waals surface area (Å²) in [6.45, 7) is 1.23. The number of halogens is 3. The Labute approximate surface area is 167 Å². The molecular formula is C21H20ClF2NO3. The monoisotopic (exact) mass is 407 g/mol. The first-order chi connectivity index (χ1) is 13.1. The van der Waals surface area contributed by atoms with Crippen LogP contribution in [0.2, 0.25) is 5.02 Å². The van der Waals surface area contributed by atoms with Crippen molar-refractivity contribution in [1.29, 1.82) is 0 Å². The van der Waals surface area contributed by atoms with Crippen molar-refractivity contribution >= 4 is 23.2 Å². The first kappa shape index (κ1) is 21.6. The predicted octanol–water partition coefficient (Wildman–Crippen LogP) is 4.43. The van der Waals surface area contributed by atoms with Crippen LogP contribution in [0, 0.1) is 11.6 Å². The molecule has 0 amide bonds. The Morgan fingerprint density at radius 1 is 1.18 bits per heavy atom. The maximum Gasteiger partial charge on any atom is 0.201 e. The van der Waals surface area contributed by atoms with Crippen LogP contribution in [0.25, 0.3) is 0 Å². The van der Waals surface area contributed by atoms with Crippen molar-refractivity contribution in [2.24, 2.45) is 0 Å². The molecule has 0 spiro atoms. The van der Waals surface area contributed by atoms with Crippen LogP contribution in [-0.4, -0.2) is 37.7 Å². The van der Waals surface area contributed by atoms with Crippen LogP contribution in [0.1, 0.15) is 28.4 Å². The number of nitrogens with zero attached hydrogens (tertiary/aromatic N) is 1.